The number of carbonyl (C=O) groups excluding carboxylic acids is 2. The van der Waals surface area contributed by atoms with Crippen LogP contribution in [0.15, 0.2) is 34.7 Å². The third-order valence-electron chi connectivity index (χ3n) is 4.27. The predicted molar refractivity (Wildman–Crippen MR) is 89.5 cm³/mol. The Morgan fingerprint density at radius 2 is 1.92 bits per heavy atom. The first-order valence-electron chi connectivity index (χ1n) is 7.94. The molecule has 0 aromatic rings. The lowest BCUT2D eigenvalue weighted by molar-refractivity contribution is -0.123. The first kappa shape index (κ1) is 18.6. The molecule has 140 valence electrons. The maximum Gasteiger partial charge on any atom is 0.431 e. The van der Waals surface area contributed by atoms with E-state index in [0.29, 0.717) is 13.0 Å². The molecule has 0 spiro atoms. The Hall–Kier alpha value is -2.20. The van der Waals surface area contributed by atoms with Crippen LogP contribution in [0.2, 0.25) is 0 Å². The fraction of sp³-hybridized carbons (Fsp3) is 0.438. The molecule has 1 atom stereocenters. The molecule has 0 aromatic carbocycles. The first-order chi connectivity index (χ1) is 12.2. The van der Waals surface area contributed by atoms with Crippen molar-refractivity contribution in [3.63, 3.8) is 0 Å². The number of allylic oxidation sites excluding steroid dienone is 5. The second kappa shape index (κ2) is 6.84. The van der Waals surface area contributed by atoms with Gasteiger partial charge in [0, 0.05) is 18.8 Å². The minimum absolute atomic E-state index is 0.0543. The Kier molecular flexibility index (Phi) is 4.89. The predicted octanol–water partition coefficient (Wildman–Crippen LogP) is 1.66. The molecule has 2 N–H and O–H groups in total. The van der Waals surface area contributed by atoms with E-state index in [-0.39, 0.29) is 29.0 Å². The Bertz CT molecular complexity index is 742. The summed E-state index contributed by atoms with van der Waals surface area (Å²) in [7, 11) is 0. The van der Waals surface area contributed by atoms with E-state index in [1.54, 1.807) is 0 Å². The normalized spacial score (nSPS) is 24.4. The van der Waals surface area contributed by atoms with Gasteiger partial charge in [0.15, 0.2) is 5.11 Å². The summed E-state index contributed by atoms with van der Waals surface area (Å²) < 4.78 is 46.3. The number of thiocarbonyl (C=S) groups is 1. The average Bonchev–Trinajstić information content (AvgIpc) is 3.00. The van der Waals surface area contributed by atoms with Crippen LogP contribution in [0.4, 0.5) is 13.2 Å². The van der Waals surface area contributed by atoms with E-state index < -0.39 is 29.3 Å². The molecule has 6 nitrogen and oxygen atoms in total. The molecule has 1 unspecified atom stereocenters. The molecule has 2 fully saturated rings. The van der Waals surface area contributed by atoms with Crippen LogP contribution in [0.1, 0.15) is 19.8 Å². The van der Waals surface area contributed by atoms with Gasteiger partial charge in [-0.3, -0.25) is 20.2 Å². The molecule has 3 aliphatic heterocycles. The van der Waals surface area contributed by atoms with Gasteiger partial charge in [0.25, 0.3) is 11.8 Å². The number of hydrogen-bond donors (Lipinski definition) is 2. The number of hydrogen-bond acceptors (Lipinski definition) is 5. The minimum Gasteiger partial charge on any atom is -0.376 e. The average molecular weight is 387 g/mol. The van der Waals surface area contributed by atoms with Gasteiger partial charge in [-0.2, -0.15) is 13.2 Å². The van der Waals surface area contributed by atoms with Gasteiger partial charge in [-0.15, -0.1) is 0 Å². The van der Waals surface area contributed by atoms with Crippen molar-refractivity contribution in [1.29, 1.82) is 0 Å². The highest BCUT2D eigenvalue weighted by molar-refractivity contribution is 7.80. The van der Waals surface area contributed by atoms with Gasteiger partial charge >= 0.3 is 6.18 Å². The molecule has 26 heavy (non-hydrogen) atoms. The molecule has 2 saturated heterocycles. The van der Waals surface area contributed by atoms with Crippen LogP contribution in [-0.4, -0.2) is 47.3 Å². The lowest BCUT2D eigenvalue weighted by atomic mass is 9.99. The molecule has 0 aromatic heterocycles. The smallest absolute Gasteiger partial charge is 0.376 e. The van der Waals surface area contributed by atoms with E-state index in [2.05, 4.69) is 10.6 Å². The Balaban J connectivity index is 2.01. The second-order valence-corrected chi connectivity index (χ2v) is 6.53. The SMILES string of the molecule is CC1=CC(=C2C(=O)NC(=S)NC2=O)C=C(C(F)(F)F)N1CC1CCCO1. The molecule has 3 rings (SSSR count). The number of nitrogens with zero attached hydrogens (tertiary/aromatic N) is 1. The number of nitrogens with one attached hydrogen (secondary N) is 2. The number of amides is 2. The fourth-order valence-corrected chi connectivity index (χ4v) is 3.29. The highest BCUT2D eigenvalue weighted by Crippen LogP contribution is 2.37. The van der Waals surface area contributed by atoms with Crippen molar-refractivity contribution in [3.8, 4) is 0 Å². The van der Waals surface area contributed by atoms with Crippen LogP contribution in [0.5, 0.6) is 0 Å². The lowest BCUT2D eigenvalue weighted by Gasteiger charge is -2.34. The number of carbonyl (C=O) groups is 2. The maximum absolute atomic E-state index is 13.6. The van der Waals surface area contributed by atoms with E-state index in [9.17, 15) is 22.8 Å². The summed E-state index contributed by atoms with van der Waals surface area (Å²) >= 11 is 4.70. The van der Waals surface area contributed by atoms with Crippen LogP contribution >= 0.6 is 12.2 Å². The highest BCUT2D eigenvalue weighted by atomic mass is 32.1. The third kappa shape index (κ3) is 3.65. The standard InChI is InChI=1S/C16H16F3N3O3S/c1-8-5-9(12-13(23)20-15(26)21-14(12)24)6-11(16(17,18)19)22(8)7-10-3-2-4-25-10/h5-6,10H,2-4,7H2,1H3,(H2,20,21,23,24,26). The summed E-state index contributed by atoms with van der Waals surface area (Å²) in [6, 6.07) is 0. The van der Waals surface area contributed by atoms with E-state index in [1.165, 1.54) is 13.0 Å². The van der Waals surface area contributed by atoms with Gasteiger partial charge in [0.2, 0.25) is 0 Å². The number of rotatable bonds is 2. The lowest BCUT2D eigenvalue weighted by Crippen LogP contribution is -2.51. The zero-order valence-corrected chi connectivity index (χ0v) is 14.6. The highest BCUT2D eigenvalue weighted by Gasteiger charge is 2.42. The van der Waals surface area contributed by atoms with Crippen LogP contribution in [-0.2, 0) is 14.3 Å². The van der Waals surface area contributed by atoms with Crippen LogP contribution in [0.3, 0.4) is 0 Å². The second-order valence-electron chi connectivity index (χ2n) is 6.13. The molecule has 10 heteroatoms. The van der Waals surface area contributed by atoms with Crippen molar-refractivity contribution in [2.45, 2.75) is 32.0 Å². The molecule has 3 heterocycles. The van der Waals surface area contributed by atoms with E-state index >= 15 is 0 Å². The van der Waals surface area contributed by atoms with Crippen LogP contribution in [0.25, 0.3) is 0 Å². The largest absolute Gasteiger partial charge is 0.431 e. The summed E-state index contributed by atoms with van der Waals surface area (Å²) in [4.78, 5) is 25.2. The number of ether oxygens (including phenoxy) is 1. The molecule has 3 aliphatic rings. The van der Waals surface area contributed by atoms with Crippen LogP contribution < -0.4 is 10.6 Å². The van der Waals surface area contributed by atoms with Crippen molar-refractivity contribution in [2.75, 3.05) is 13.2 Å². The monoisotopic (exact) mass is 387 g/mol. The molecule has 0 radical (unpaired) electrons. The van der Waals surface area contributed by atoms with Crippen molar-refractivity contribution < 1.29 is 27.5 Å². The van der Waals surface area contributed by atoms with Gasteiger partial charge in [-0.1, -0.05) is 0 Å². The van der Waals surface area contributed by atoms with Crippen molar-refractivity contribution in [2.24, 2.45) is 0 Å². The number of alkyl halides is 3. The van der Waals surface area contributed by atoms with Gasteiger partial charge in [0.05, 0.1) is 6.10 Å². The Labute approximate surface area is 152 Å². The van der Waals surface area contributed by atoms with Crippen molar-refractivity contribution >= 4 is 29.1 Å². The molecular weight excluding hydrogens is 371 g/mol. The number of halogens is 3. The minimum atomic E-state index is -4.66. The summed E-state index contributed by atoms with van der Waals surface area (Å²) in [5.41, 5.74) is -1.19. The fourth-order valence-electron chi connectivity index (χ4n) is 3.10. The van der Waals surface area contributed by atoms with Crippen LogP contribution in [0, 0.1) is 0 Å². The Morgan fingerprint density at radius 3 is 2.46 bits per heavy atom. The van der Waals surface area contributed by atoms with Crippen molar-refractivity contribution in [1.82, 2.24) is 15.5 Å². The van der Waals surface area contributed by atoms with Gasteiger partial charge in [0.1, 0.15) is 11.3 Å². The maximum atomic E-state index is 13.6. The summed E-state index contributed by atoms with van der Waals surface area (Å²) in [5, 5.41) is 4.27. The molecule has 2 amide bonds. The summed E-state index contributed by atoms with van der Waals surface area (Å²) in [6.45, 7) is 2.08. The molecule has 0 bridgehead atoms. The first-order valence-corrected chi connectivity index (χ1v) is 8.35. The molecular formula is C16H16F3N3O3S. The van der Waals surface area contributed by atoms with Gasteiger partial charge < -0.3 is 9.64 Å². The van der Waals surface area contributed by atoms with E-state index in [0.717, 1.165) is 17.4 Å². The zero-order chi connectivity index (χ0) is 19.1. The van der Waals surface area contributed by atoms with Crippen molar-refractivity contribution in [3.05, 3.63) is 34.7 Å². The molecule has 0 aliphatic carbocycles. The summed E-state index contributed by atoms with van der Waals surface area (Å²) in [6.07, 6.45) is -1.26. The Morgan fingerprint density at radius 1 is 1.27 bits per heavy atom. The quantitative estimate of drug-likeness (QED) is 0.429. The zero-order valence-electron chi connectivity index (χ0n) is 13.8. The topological polar surface area (TPSA) is 70.7 Å². The van der Waals surface area contributed by atoms with Gasteiger partial charge in [-0.05, 0) is 49.7 Å². The molecule has 0 saturated carbocycles. The third-order valence-corrected chi connectivity index (χ3v) is 4.47. The van der Waals surface area contributed by atoms with E-state index in [1.807, 2.05) is 0 Å². The summed E-state index contributed by atoms with van der Waals surface area (Å²) in [5.74, 6) is -1.66. The van der Waals surface area contributed by atoms with Gasteiger partial charge in [-0.25, -0.2) is 0 Å². The van der Waals surface area contributed by atoms with E-state index in [4.69, 9.17) is 17.0 Å².